The second-order valence-corrected chi connectivity index (χ2v) is 10.5. The summed E-state index contributed by atoms with van der Waals surface area (Å²) in [5, 5.41) is 4.28. The van der Waals surface area contributed by atoms with Crippen LogP contribution < -0.4 is 14.8 Å². The van der Waals surface area contributed by atoms with E-state index in [9.17, 15) is 4.79 Å². The maximum absolute atomic E-state index is 13.9. The average molecular weight is 498 g/mol. The molecule has 1 amide bonds. The van der Waals surface area contributed by atoms with Gasteiger partial charge in [0.05, 0.1) is 13.2 Å². The Morgan fingerprint density at radius 3 is 2.56 bits per heavy atom. The fourth-order valence-corrected chi connectivity index (χ4v) is 5.52. The number of nitrogens with one attached hydrogen (secondary N) is 1. The SMILES string of the molecule is COCCCOc1cc(C(=O)N(C(C)C)C2CCNCC2)nc2c(OCC3CCCCC3)cccc12. The van der Waals surface area contributed by atoms with Crippen molar-refractivity contribution in [2.24, 2.45) is 5.92 Å². The summed E-state index contributed by atoms with van der Waals surface area (Å²) >= 11 is 0. The van der Waals surface area contributed by atoms with Gasteiger partial charge in [-0.1, -0.05) is 25.3 Å². The number of carbonyl (C=O) groups is 1. The fourth-order valence-electron chi connectivity index (χ4n) is 5.52. The Morgan fingerprint density at radius 2 is 1.83 bits per heavy atom. The number of aromatic nitrogens is 1. The molecule has 1 saturated carbocycles. The van der Waals surface area contributed by atoms with Crippen LogP contribution in [0.2, 0.25) is 0 Å². The van der Waals surface area contributed by atoms with Gasteiger partial charge < -0.3 is 24.4 Å². The molecule has 1 aromatic carbocycles. The molecule has 2 fully saturated rings. The second-order valence-electron chi connectivity index (χ2n) is 10.5. The van der Waals surface area contributed by atoms with Crippen molar-refractivity contribution in [1.29, 1.82) is 0 Å². The Balaban J connectivity index is 1.66. The van der Waals surface area contributed by atoms with E-state index in [1.807, 2.05) is 29.2 Å². The minimum absolute atomic E-state index is 0.0392. The van der Waals surface area contributed by atoms with E-state index in [0.29, 0.717) is 42.7 Å². The quantitative estimate of drug-likeness (QED) is 0.430. The molecule has 1 saturated heterocycles. The molecule has 0 radical (unpaired) electrons. The number of fused-ring (bicyclic) bond motifs is 1. The van der Waals surface area contributed by atoms with Crippen LogP contribution in [0, 0.1) is 5.92 Å². The van der Waals surface area contributed by atoms with E-state index in [-0.39, 0.29) is 18.0 Å². The lowest BCUT2D eigenvalue weighted by Gasteiger charge is -2.37. The van der Waals surface area contributed by atoms with Gasteiger partial charge in [0, 0.05) is 43.7 Å². The van der Waals surface area contributed by atoms with Crippen molar-refractivity contribution in [2.45, 2.75) is 77.3 Å². The highest BCUT2D eigenvalue weighted by Crippen LogP contribution is 2.34. The number of benzene rings is 1. The number of methoxy groups -OCH3 is 1. The summed E-state index contributed by atoms with van der Waals surface area (Å²) in [6, 6.07) is 8.07. The first-order chi connectivity index (χ1) is 17.6. The van der Waals surface area contributed by atoms with E-state index in [0.717, 1.165) is 43.5 Å². The van der Waals surface area contributed by atoms with Gasteiger partial charge in [0.15, 0.2) is 0 Å². The van der Waals surface area contributed by atoms with E-state index >= 15 is 0 Å². The number of hydrogen-bond acceptors (Lipinski definition) is 6. The third kappa shape index (κ3) is 6.68. The van der Waals surface area contributed by atoms with Crippen molar-refractivity contribution in [3.8, 4) is 11.5 Å². The van der Waals surface area contributed by atoms with Crippen molar-refractivity contribution in [2.75, 3.05) is 40.0 Å². The largest absolute Gasteiger partial charge is 0.493 e. The molecule has 0 bridgehead atoms. The molecule has 2 heterocycles. The molecule has 7 heteroatoms. The summed E-state index contributed by atoms with van der Waals surface area (Å²) in [5.41, 5.74) is 1.13. The normalized spacial score (nSPS) is 17.4. The maximum atomic E-state index is 13.9. The summed E-state index contributed by atoms with van der Waals surface area (Å²) in [5.74, 6) is 1.95. The topological polar surface area (TPSA) is 72.9 Å². The standard InChI is InChI=1S/C29H43N3O4/c1-21(2)32(23-13-15-30-16-14-23)29(33)25-19-27(35-18-8-17-34-3)24-11-7-12-26(28(24)31-25)36-20-22-9-5-4-6-10-22/h7,11-12,19,21-23,30H,4-6,8-10,13-18,20H2,1-3H3. The molecule has 1 N–H and O–H groups in total. The summed E-state index contributed by atoms with van der Waals surface area (Å²) < 4.78 is 17.7. The molecule has 198 valence electrons. The third-order valence-corrected chi connectivity index (χ3v) is 7.43. The highest BCUT2D eigenvalue weighted by atomic mass is 16.5. The average Bonchev–Trinajstić information content (AvgIpc) is 2.90. The Morgan fingerprint density at radius 1 is 1.06 bits per heavy atom. The first-order valence-electron chi connectivity index (χ1n) is 13.8. The first kappa shape index (κ1) is 26.7. The fraction of sp³-hybridized carbons (Fsp3) is 0.655. The van der Waals surface area contributed by atoms with Crippen molar-refractivity contribution in [1.82, 2.24) is 15.2 Å². The number of carbonyl (C=O) groups excluding carboxylic acids is 1. The summed E-state index contributed by atoms with van der Waals surface area (Å²) in [7, 11) is 1.69. The molecule has 7 nitrogen and oxygen atoms in total. The van der Waals surface area contributed by atoms with Gasteiger partial charge in [0.25, 0.3) is 5.91 Å². The summed E-state index contributed by atoms with van der Waals surface area (Å²) in [6.45, 7) is 7.86. The number of ether oxygens (including phenoxy) is 3. The van der Waals surface area contributed by atoms with Gasteiger partial charge in [-0.15, -0.1) is 0 Å². The lowest BCUT2D eigenvalue weighted by Crippen LogP contribution is -2.49. The molecular weight excluding hydrogens is 454 g/mol. The molecule has 1 aromatic heterocycles. The van der Waals surface area contributed by atoms with Crippen molar-refractivity contribution in [3.05, 3.63) is 30.0 Å². The molecular formula is C29H43N3O4. The zero-order valence-electron chi connectivity index (χ0n) is 22.3. The van der Waals surface area contributed by atoms with Crippen LogP contribution in [-0.2, 0) is 4.74 Å². The Bertz CT molecular complexity index is 984. The summed E-state index contributed by atoms with van der Waals surface area (Å²) in [6.07, 6.45) is 8.99. The van der Waals surface area contributed by atoms with Gasteiger partial charge >= 0.3 is 0 Å². The molecule has 0 spiro atoms. The van der Waals surface area contributed by atoms with E-state index in [1.54, 1.807) is 7.11 Å². The zero-order chi connectivity index (χ0) is 25.3. The van der Waals surface area contributed by atoms with Crippen molar-refractivity contribution < 1.29 is 19.0 Å². The maximum Gasteiger partial charge on any atom is 0.273 e. The predicted molar refractivity (Wildman–Crippen MR) is 143 cm³/mol. The second kappa shape index (κ2) is 13.2. The molecule has 1 aliphatic heterocycles. The van der Waals surface area contributed by atoms with E-state index < -0.39 is 0 Å². The number of piperidine rings is 1. The minimum atomic E-state index is -0.0392. The highest BCUT2D eigenvalue weighted by Gasteiger charge is 2.30. The van der Waals surface area contributed by atoms with Gasteiger partial charge in [-0.2, -0.15) is 0 Å². The van der Waals surface area contributed by atoms with Crippen LogP contribution in [0.1, 0.15) is 75.7 Å². The molecule has 0 atom stereocenters. The molecule has 4 rings (SSSR count). The molecule has 36 heavy (non-hydrogen) atoms. The van der Waals surface area contributed by atoms with Gasteiger partial charge in [-0.25, -0.2) is 4.98 Å². The Kier molecular flexibility index (Phi) is 9.82. The molecule has 2 aromatic rings. The van der Waals surface area contributed by atoms with Crippen molar-refractivity contribution in [3.63, 3.8) is 0 Å². The minimum Gasteiger partial charge on any atom is -0.493 e. The van der Waals surface area contributed by atoms with Crippen LogP contribution in [0.5, 0.6) is 11.5 Å². The van der Waals surface area contributed by atoms with Gasteiger partial charge in [-0.3, -0.25) is 4.79 Å². The smallest absolute Gasteiger partial charge is 0.273 e. The number of para-hydroxylation sites is 1. The lowest BCUT2D eigenvalue weighted by atomic mass is 9.90. The number of amides is 1. The molecule has 0 unspecified atom stereocenters. The van der Waals surface area contributed by atoms with Gasteiger partial charge in [0.2, 0.25) is 0 Å². The predicted octanol–water partition coefficient (Wildman–Crippen LogP) is 5.21. The van der Waals surface area contributed by atoms with Gasteiger partial charge in [-0.05, 0) is 70.7 Å². The Hall–Kier alpha value is -2.38. The van der Waals surface area contributed by atoms with E-state index in [1.165, 1.54) is 32.1 Å². The van der Waals surface area contributed by atoms with Crippen LogP contribution >= 0.6 is 0 Å². The van der Waals surface area contributed by atoms with Crippen molar-refractivity contribution >= 4 is 16.8 Å². The van der Waals surface area contributed by atoms with Crippen LogP contribution in [0.15, 0.2) is 24.3 Å². The monoisotopic (exact) mass is 497 g/mol. The van der Waals surface area contributed by atoms with Gasteiger partial charge in [0.1, 0.15) is 22.7 Å². The van der Waals surface area contributed by atoms with Crippen LogP contribution in [0.3, 0.4) is 0 Å². The lowest BCUT2D eigenvalue weighted by molar-refractivity contribution is 0.0559. The number of pyridine rings is 1. The number of hydrogen-bond donors (Lipinski definition) is 1. The highest BCUT2D eigenvalue weighted by molar-refractivity contribution is 5.98. The zero-order valence-corrected chi connectivity index (χ0v) is 22.3. The van der Waals surface area contributed by atoms with E-state index in [4.69, 9.17) is 19.2 Å². The Labute approximate surface area is 215 Å². The van der Waals surface area contributed by atoms with Crippen LogP contribution in [-0.4, -0.2) is 67.9 Å². The number of nitrogens with zero attached hydrogens (tertiary/aromatic N) is 2. The first-order valence-corrected chi connectivity index (χ1v) is 13.8. The van der Waals surface area contributed by atoms with Crippen LogP contribution in [0.4, 0.5) is 0 Å². The third-order valence-electron chi connectivity index (χ3n) is 7.43. The molecule has 1 aliphatic carbocycles. The van der Waals surface area contributed by atoms with E-state index in [2.05, 4.69) is 19.2 Å². The summed E-state index contributed by atoms with van der Waals surface area (Å²) in [4.78, 5) is 20.8. The molecule has 2 aliphatic rings. The van der Waals surface area contributed by atoms with Crippen LogP contribution in [0.25, 0.3) is 10.9 Å². The number of rotatable bonds is 11.